The molecule has 1 rings (SSSR count). The molecule has 1 aromatic carbocycles. The maximum atomic E-state index is 13.6. The molecule has 0 atom stereocenters. The predicted octanol–water partition coefficient (Wildman–Crippen LogP) is 3.94. The number of rotatable bonds is 4. The van der Waals surface area contributed by atoms with E-state index in [2.05, 4.69) is 0 Å². The zero-order valence-corrected chi connectivity index (χ0v) is 12.1. The molecule has 102 valence electrons. The summed E-state index contributed by atoms with van der Waals surface area (Å²) < 4.78 is 40.0. The van der Waals surface area contributed by atoms with Crippen LogP contribution in [0.4, 0.5) is 13.2 Å². The molecule has 0 aromatic heterocycles. The highest BCUT2D eigenvalue weighted by Crippen LogP contribution is 2.34. The van der Waals surface area contributed by atoms with Gasteiger partial charge in [0.15, 0.2) is 8.32 Å². The third kappa shape index (κ3) is 2.95. The number of benzene rings is 1. The van der Waals surface area contributed by atoms with Crippen LogP contribution in [0.2, 0.25) is 11.1 Å². The summed E-state index contributed by atoms with van der Waals surface area (Å²) in [7, 11) is -2.83. The van der Waals surface area contributed by atoms with Crippen LogP contribution in [0.3, 0.4) is 0 Å². The van der Waals surface area contributed by atoms with E-state index in [0.717, 1.165) is 0 Å². The zero-order chi connectivity index (χ0) is 14.1. The van der Waals surface area contributed by atoms with Crippen molar-refractivity contribution in [2.75, 3.05) is 0 Å². The van der Waals surface area contributed by atoms with Gasteiger partial charge >= 0.3 is 0 Å². The first-order valence-electron chi connectivity index (χ1n) is 6.04. The van der Waals surface area contributed by atoms with Crippen molar-refractivity contribution in [1.82, 2.24) is 0 Å². The lowest BCUT2D eigenvalue weighted by molar-refractivity contribution is 0.477. The van der Waals surface area contributed by atoms with Gasteiger partial charge in [0.05, 0.1) is 0 Å². The average Bonchev–Trinajstić information content (AvgIpc) is 2.22. The van der Waals surface area contributed by atoms with Crippen LogP contribution >= 0.6 is 0 Å². The second-order valence-electron chi connectivity index (χ2n) is 5.33. The lowest BCUT2D eigenvalue weighted by atomic mass is 10.2. The molecule has 1 nitrogen and oxygen atoms in total. The molecule has 0 aliphatic rings. The summed E-state index contributed by atoms with van der Waals surface area (Å²) in [5, 5.41) is 0. The lowest BCUT2D eigenvalue weighted by Crippen LogP contribution is -2.44. The van der Waals surface area contributed by atoms with Gasteiger partial charge in [-0.25, -0.2) is 13.2 Å². The normalized spacial score (nSPS) is 12.6. The predicted molar refractivity (Wildman–Crippen MR) is 68.2 cm³/mol. The number of hydrogen-bond donors (Lipinski definition) is 1. The Balaban J connectivity index is 3.17. The molecule has 0 unspecified atom stereocenters. The van der Waals surface area contributed by atoms with E-state index >= 15 is 0 Å². The second-order valence-corrected chi connectivity index (χ2v) is 9.97. The summed E-state index contributed by atoms with van der Waals surface area (Å²) in [5.74, 6) is -2.77. The largest absolute Gasteiger partial charge is 0.431 e. The Morgan fingerprint density at radius 2 is 1.39 bits per heavy atom. The van der Waals surface area contributed by atoms with Crippen molar-refractivity contribution in [3.05, 3.63) is 35.1 Å². The topological polar surface area (TPSA) is 20.2 Å². The van der Waals surface area contributed by atoms with E-state index in [-0.39, 0.29) is 22.7 Å². The van der Waals surface area contributed by atoms with Gasteiger partial charge in [0.2, 0.25) is 0 Å². The monoisotopic (exact) mass is 276 g/mol. The molecule has 0 aliphatic carbocycles. The molecule has 0 bridgehead atoms. The smallest absolute Gasteiger partial charge is 0.198 e. The summed E-state index contributed by atoms with van der Waals surface area (Å²) in [5.41, 5.74) is -0.254. The Morgan fingerprint density at radius 3 is 1.72 bits per heavy atom. The Bertz CT molecular complexity index is 401. The highest BCUT2D eigenvalue weighted by molar-refractivity contribution is 6.74. The molecule has 0 spiro atoms. The molecule has 18 heavy (non-hydrogen) atoms. The fourth-order valence-electron chi connectivity index (χ4n) is 2.10. The van der Waals surface area contributed by atoms with Gasteiger partial charge in [-0.05, 0) is 17.1 Å². The molecule has 0 fully saturated rings. The van der Waals surface area contributed by atoms with Crippen LogP contribution in [0.25, 0.3) is 0 Å². The third-order valence-corrected chi connectivity index (χ3v) is 8.48. The Labute approximate surface area is 107 Å². The van der Waals surface area contributed by atoms with Gasteiger partial charge in [-0.1, -0.05) is 27.7 Å². The Kier molecular flexibility index (Phi) is 4.61. The average molecular weight is 276 g/mol. The van der Waals surface area contributed by atoms with Crippen molar-refractivity contribution in [1.29, 1.82) is 0 Å². The minimum absolute atomic E-state index is 0.0265. The van der Waals surface area contributed by atoms with Crippen LogP contribution in [0.1, 0.15) is 33.3 Å². The van der Waals surface area contributed by atoms with Gasteiger partial charge < -0.3 is 4.80 Å². The molecule has 0 radical (unpaired) electrons. The highest BCUT2D eigenvalue weighted by atomic mass is 28.4. The van der Waals surface area contributed by atoms with Crippen LogP contribution < -0.4 is 0 Å². The van der Waals surface area contributed by atoms with Crippen LogP contribution in [0.5, 0.6) is 0 Å². The minimum Gasteiger partial charge on any atom is -0.431 e. The second kappa shape index (κ2) is 5.44. The van der Waals surface area contributed by atoms with E-state index < -0.39 is 25.8 Å². The molecule has 1 aromatic rings. The van der Waals surface area contributed by atoms with Crippen molar-refractivity contribution in [2.24, 2.45) is 0 Å². The van der Waals surface area contributed by atoms with E-state index in [1.807, 2.05) is 27.7 Å². The molecule has 0 saturated carbocycles. The van der Waals surface area contributed by atoms with E-state index in [1.54, 1.807) is 0 Å². The van der Waals surface area contributed by atoms with E-state index in [0.29, 0.717) is 12.1 Å². The summed E-state index contributed by atoms with van der Waals surface area (Å²) in [4.78, 5) is 10.6. The zero-order valence-electron chi connectivity index (χ0n) is 11.1. The first kappa shape index (κ1) is 15.2. The molecule has 0 heterocycles. The SMILES string of the molecule is CC(C)[Si](O)(Cc1c(F)cc(F)cc1F)C(C)C. The van der Waals surface area contributed by atoms with Crippen molar-refractivity contribution < 1.29 is 18.0 Å². The summed E-state index contributed by atoms with van der Waals surface area (Å²) >= 11 is 0. The third-order valence-electron chi connectivity index (χ3n) is 3.57. The van der Waals surface area contributed by atoms with Crippen LogP contribution in [-0.2, 0) is 6.04 Å². The van der Waals surface area contributed by atoms with E-state index in [4.69, 9.17) is 0 Å². The van der Waals surface area contributed by atoms with E-state index in [9.17, 15) is 18.0 Å². The van der Waals surface area contributed by atoms with Crippen LogP contribution in [0.15, 0.2) is 12.1 Å². The van der Waals surface area contributed by atoms with Crippen LogP contribution in [-0.4, -0.2) is 13.1 Å². The highest BCUT2D eigenvalue weighted by Gasteiger charge is 2.40. The summed E-state index contributed by atoms with van der Waals surface area (Å²) in [6.07, 6.45) is 0. The van der Waals surface area contributed by atoms with Gasteiger partial charge in [0.25, 0.3) is 0 Å². The summed E-state index contributed by atoms with van der Waals surface area (Å²) in [6, 6.07) is 1.29. The molecular formula is C13H19F3OSi. The van der Waals surface area contributed by atoms with Crippen molar-refractivity contribution in [3.63, 3.8) is 0 Å². The Morgan fingerprint density at radius 1 is 1.00 bits per heavy atom. The standard InChI is InChI=1S/C13H19F3OSi/c1-8(2)18(17,9(3)4)7-11-12(15)5-10(14)6-13(11)16/h5-6,8-9,17H,7H2,1-4H3. The molecule has 0 amide bonds. The molecular weight excluding hydrogens is 257 g/mol. The van der Waals surface area contributed by atoms with Crippen molar-refractivity contribution >= 4 is 8.32 Å². The quantitative estimate of drug-likeness (QED) is 0.826. The van der Waals surface area contributed by atoms with Crippen molar-refractivity contribution in [2.45, 2.75) is 44.8 Å². The summed E-state index contributed by atoms with van der Waals surface area (Å²) in [6.45, 7) is 7.41. The molecule has 5 heteroatoms. The van der Waals surface area contributed by atoms with Crippen LogP contribution in [0, 0.1) is 17.5 Å². The fourth-order valence-corrected chi connectivity index (χ4v) is 5.15. The number of hydrogen-bond acceptors (Lipinski definition) is 1. The maximum Gasteiger partial charge on any atom is 0.198 e. The fraction of sp³-hybridized carbons (Fsp3) is 0.538. The van der Waals surface area contributed by atoms with Gasteiger partial charge in [-0.3, -0.25) is 0 Å². The van der Waals surface area contributed by atoms with Gasteiger partial charge in [0, 0.05) is 17.7 Å². The van der Waals surface area contributed by atoms with Gasteiger partial charge in [-0.2, -0.15) is 0 Å². The van der Waals surface area contributed by atoms with Crippen molar-refractivity contribution in [3.8, 4) is 0 Å². The molecule has 0 saturated heterocycles. The maximum absolute atomic E-state index is 13.6. The first-order valence-corrected chi connectivity index (χ1v) is 8.35. The number of halogens is 3. The minimum atomic E-state index is -2.83. The van der Waals surface area contributed by atoms with Gasteiger partial charge in [-0.15, -0.1) is 0 Å². The van der Waals surface area contributed by atoms with Gasteiger partial charge in [0.1, 0.15) is 17.5 Å². The van der Waals surface area contributed by atoms with E-state index in [1.165, 1.54) is 0 Å². The molecule has 0 aliphatic heterocycles. The lowest BCUT2D eigenvalue weighted by Gasteiger charge is -2.33. The Hall–Kier alpha value is -0.813. The molecule has 1 N–H and O–H groups in total. The first-order chi connectivity index (χ1) is 8.18.